The molecule has 0 heterocycles. The maximum Gasteiger partial charge on any atom is 0.155 e. The van der Waals surface area contributed by atoms with Gasteiger partial charge in [0.15, 0.2) is 5.78 Å². The summed E-state index contributed by atoms with van der Waals surface area (Å²) in [5, 5.41) is 5.03. The average molecular weight is 579 g/mol. The predicted molar refractivity (Wildman–Crippen MR) is 186 cm³/mol. The molecule has 4 aromatic rings. The summed E-state index contributed by atoms with van der Waals surface area (Å²) in [5.41, 5.74) is 13.0. The number of rotatable bonds is 12. The molecule has 2 nitrogen and oxygen atoms in total. The molecule has 0 N–H and O–H groups in total. The van der Waals surface area contributed by atoms with Crippen LogP contribution in [0.3, 0.4) is 0 Å². The molecule has 2 bridgehead atoms. The first-order valence-electron chi connectivity index (χ1n) is 16.4. The topological polar surface area (TPSA) is 26.3 Å². The lowest BCUT2D eigenvalue weighted by atomic mass is 9.82. The fourth-order valence-electron chi connectivity index (χ4n) is 6.68. The summed E-state index contributed by atoms with van der Waals surface area (Å²) in [6, 6.07) is 24.5. The number of aryl methyl sites for hydroxylation is 1. The second-order valence-corrected chi connectivity index (χ2v) is 12.3. The molecular formula is C42H42O2. The summed E-state index contributed by atoms with van der Waals surface area (Å²) < 4.78 is 6.04. The molecule has 2 aliphatic rings. The van der Waals surface area contributed by atoms with E-state index in [9.17, 15) is 4.79 Å². The second kappa shape index (κ2) is 13.5. The quantitative estimate of drug-likeness (QED) is 0.0549. The maximum absolute atomic E-state index is 11.7. The van der Waals surface area contributed by atoms with Crippen LogP contribution < -0.4 is 0 Å². The number of carbonyl (C=O) groups excluding carboxylic acids is 1. The molecular weight excluding hydrogens is 536 g/mol. The smallest absolute Gasteiger partial charge is 0.155 e. The van der Waals surface area contributed by atoms with Crippen molar-refractivity contribution in [2.45, 2.75) is 78.6 Å². The van der Waals surface area contributed by atoms with Gasteiger partial charge in [0.25, 0.3) is 0 Å². The Labute approximate surface area is 262 Å². The number of ether oxygens (including phenoxy) is 1. The Hall–Kier alpha value is -4.39. The van der Waals surface area contributed by atoms with Crippen LogP contribution in [0.4, 0.5) is 0 Å². The summed E-state index contributed by atoms with van der Waals surface area (Å²) in [7, 11) is 0. The highest BCUT2D eigenvalue weighted by Gasteiger charge is 2.25. The van der Waals surface area contributed by atoms with Gasteiger partial charge >= 0.3 is 0 Å². The van der Waals surface area contributed by atoms with Gasteiger partial charge in [-0.2, -0.15) is 0 Å². The molecule has 0 aliphatic heterocycles. The standard InChI is InChI=1S/C42H42O2/c1-4-5-6-7-8-9-10-11-14-31-17-20-39-40(26-31)42(28-44-30(3)25-29(2)43)33-19-22-37-36-21-18-32-15-12-13-16-34(32)35(36)23-24-38(37)41(39)27-33/h12-13,15-26,28H,4-11,14H2,1-3H3/b30-25-,42-28+. The van der Waals surface area contributed by atoms with Crippen molar-refractivity contribution in [1.82, 2.24) is 0 Å². The van der Waals surface area contributed by atoms with E-state index in [1.54, 1.807) is 13.2 Å². The Bertz CT molecular complexity index is 1890. The van der Waals surface area contributed by atoms with E-state index in [1.165, 1.54) is 101 Å². The van der Waals surface area contributed by atoms with E-state index in [0.717, 1.165) is 28.7 Å². The summed E-state index contributed by atoms with van der Waals surface area (Å²) in [5.74, 6) is 0.555. The molecule has 0 atom stereocenters. The van der Waals surface area contributed by atoms with Gasteiger partial charge in [-0.05, 0) is 82.1 Å². The molecule has 0 fully saturated rings. The highest BCUT2D eigenvalue weighted by Crippen LogP contribution is 2.44. The Morgan fingerprint density at radius 2 is 1.50 bits per heavy atom. The van der Waals surface area contributed by atoms with Crippen LogP contribution in [0.1, 0.15) is 100.0 Å². The predicted octanol–water partition coefficient (Wildman–Crippen LogP) is 11.5. The van der Waals surface area contributed by atoms with Crippen molar-refractivity contribution in [2.75, 3.05) is 0 Å². The van der Waals surface area contributed by atoms with Crippen molar-refractivity contribution in [3.05, 3.63) is 130 Å². The zero-order valence-corrected chi connectivity index (χ0v) is 26.3. The van der Waals surface area contributed by atoms with E-state index < -0.39 is 0 Å². The third kappa shape index (κ3) is 6.28. The molecule has 44 heavy (non-hydrogen) atoms. The van der Waals surface area contributed by atoms with Gasteiger partial charge in [-0.15, -0.1) is 5.73 Å². The van der Waals surface area contributed by atoms with Crippen LogP contribution in [-0.2, 0) is 16.0 Å². The molecule has 0 saturated carbocycles. The zero-order chi connectivity index (χ0) is 30.5. The molecule has 2 aliphatic carbocycles. The number of hydrogen-bond acceptors (Lipinski definition) is 2. The van der Waals surface area contributed by atoms with Gasteiger partial charge in [-0.25, -0.2) is 0 Å². The van der Waals surface area contributed by atoms with E-state index >= 15 is 0 Å². The van der Waals surface area contributed by atoms with E-state index in [1.807, 2.05) is 6.92 Å². The molecule has 0 amide bonds. The monoisotopic (exact) mass is 578 g/mol. The summed E-state index contributed by atoms with van der Waals surface area (Å²) in [4.78, 5) is 11.7. The molecule has 0 aromatic heterocycles. The molecule has 4 aromatic carbocycles. The first-order chi connectivity index (χ1) is 21.5. The minimum atomic E-state index is -0.0248. The SMILES string of the molecule is CCCCCCCCCCc1ccc2c(c1)/C(=C/O/C(C)=C\C(C)=O)C1=C=C2c2ccc3c(ccc4ccccc43)c2C=C1. The van der Waals surface area contributed by atoms with E-state index in [4.69, 9.17) is 4.74 Å². The first-order valence-corrected chi connectivity index (χ1v) is 16.4. The number of allylic oxidation sites excluding steroid dienone is 5. The Kier molecular flexibility index (Phi) is 9.10. The van der Waals surface area contributed by atoms with E-state index in [2.05, 4.69) is 91.5 Å². The minimum absolute atomic E-state index is 0.0248. The van der Waals surface area contributed by atoms with Gasteiger partial charge in [0.05, 0.1) is 6.26 Å². The number of hydrogen-bond donors (Lipinski definition) is 0. The molecule has 2 heteroatoms. The molecule has 6 rings (SSSR count). The van der Waals surface area contributed by atoms with Crippen molar-refractivity contribution >= 4 is 44.6 Å². The van der Waals surface area contributed by atoms with Gasteiger partial charge in [-0.1, -0.05) is 125 Å². The van der Waals surface area contributed by atoms with Crippen molar-refractivity contribution in [3.8, 4) is 0 Å². The highest BCUT2D eigenvalue weighted by molar-refractivity contribution is 6.13. The van der Waals surface area contributed by atoms with Gasteiger partial charge in [0, 0.05) is 22.8 Å². The third-order valence-corrected chi connectivity index (χ3v) is 8.94. The van der Waals surface area contributed by atoms with Crippen molar-refractivity contribution < 1.29 is 9.53 Å². The van der Waals surface area contributed by atoms with Gasteiger partial charge in [-0.3, -0.25) is 4.79 Å². The Balaban J connectivity index is 1.36. The Morgan fingerprint density at radius 3 is 2.32 bits per heavy atom. The van der Waals surface area contributed by atoms with Gasteiger partial charge < -0.3 is 4.74 Å². The van der Waals surface area contributed by atoms with Crippen LogP contribution >= 0.6 is 0 Å². The zero-order valence-electron chi connectivity index (χ0n) is 26.3. The van der Waals surface area contributed by atoms with Crippen molar-refractivity contribution in [3.63, 3.8) is 0 Å². The lowest BCUT2D eigenvalue weighted by molar-refractivity contribution is -0.112. The minimum Gasteiger partial charge on any atom is -0.469 e. The maximum atomic E-state index is 11.7. The van der Waals surface area contributed by atoms with Gasteiger partial charge in [0.2, 0.25) is 0 Å². The van der Waals surface area contributed by atoms with Crippen LogP contribution in [0.2, 0.25) is 0 Å². The van der Waals surface area contributed by atoms with E-state index in [-0.39, 0.29) is 5.78 Å². The number of carbonyl (C=O) groups is 1. The van der Waals surface area contributed by atoms with Gasteiger partial charge in [0.1, 0.15) is 5.76 Å². The molecule has 0 radical (unpaired) electrons. The molecule has 0 saturated heterocycles. The number of fused-ring (bicyclic) bond motifs is 8. The fourth-order valence-corrected chi connectivity index (χ4v) is 6.68. The van der Waals surface area contributed by atoms with Crippen LogP contribution in [0.15, 0.2) is 102 Å². The van der Waals surface area contributed by atoms with Crippen molar-refractivity contribution in [2.24, 2.45) is 0 Å². The third-order valence-electron chi connectivity index (χ3n) is 8.94. The van der Waals surface area contributed by atoms with Crippen LogP contribution in [-0.4, -0.2) is 5.78 Å². The molecule has 0 spiro atoms. The largest absolute Gasteiger partial charge is 0.469 e. The number of benzene rings is 4. The first kappa shape index (κ1) is 29.7. The summed E-state index contributed by atoms with van der Waals surface area (Å²) in [6.45, 7) is 5.64. The lowest BCUT2D eigenvalue weighted by Crippen LogP contribution is -2.03. The van der Waals surface area contributed by atoms with Crippen LogP contribution in [0, 0.1) is 0 Å². The average Bonchev–Trinajstić information content (AvgIpc) is 3.19. The summed E-state index contributed by atoms with van der Waals surface area (Å²) >= 11 is 0. The Morgan fingerprint density at radius 1 is 0.750 bits per heavy atom. The fraction of sp³-hybridized carbons (Fsp3) is 0.286. The van der Waals surface area contributed by atoms with E-state index in [0.29, 0.717) is 5.76 Å². The lowest BCUT2D eigenvalue weighted by Gasteiger charge is -2.21. The summed E-state index contributed by atoms with van der Waals surface area (Å²) in [6.07, 6.45) is 19.4. The molecule has 222 valence electrons. The molecule has 0 unspecified atom stereocenters. The second-order valence-electron chi connectivity index (χ2n) is 12.3. The van der Waals surface area contributed by atoms with Crippen molar-refractivity contribution in [1.29, 1.82) is 0 Å². The highest BCUT2D eigenvalue weighted by atomic mass is 16.5. The normalized spacial score (nSPS) is 14.7. The number of unbranched alkanes of at least 4 members (excludes halogenated alkanes) is 7. The number of ketones is 1. The van der Waals surface area contributed by atoms with Crippen LogP contribution in [0.5, 0.6) is 0 Å². The van der Waals surface area contributed by atoms with Crippen LogP contribution in [0.25, 0.3) is 38.8 Å².